The number of carbonyl (C=O) groups is 1. The molecule has 0 saturated carbocycles. The average molecular weight is 292 g/mol. The van der Waals surface area contributed by atoms with Gasteiger partial charge in [0.2, 0.25) is 0 Å². The third-order valence-electron chi connectivity index (χ3n) is 2.14. The molecule has 1 aromatic carbocycles. The molecule has 0 radical (unpaired) electrons. The Morgan fingerprint density at radius 1 is 1.20 bits per heavy atom. The molecule has 5 nitrogen and oxygen atoms in total. The van der Waals surface area contributed by atoms with Gasteiger partial charge in [0.05, 0.1) is 13.2 Å². The molecule has 0 aromatic heterocycles. The molecule has 0 fully saturated rings. The van der Waals surface area contributed by atoms with Crippen LogP contribution in [0, 0.1) is 0 Å². The Morgan fingerprint density at radius 2 is 1.85 bits per heavy atom. The van der Waals surface area contributed by atoms with Gasteiger partial charge in [-0.15, -0.1) is 13.2 Å². The monoisotopic (exact) mass is 292 g/mol. The Labute approximate surface area is 113 Å². The van der Waals surface area contributed by atoms with Crippen molar-refractivity contribution < 1.29 is 27.4 Å². The second-order valence-electron chi connectivity index (χ2n) is 3.73. The van der Waals surface area contributed by atoms with E-state index in [1.165, 1.54) is 12.1 Å². The molecule has 112 valence electrons. The van der Waals surface area contributed by atoms with Crippen molar-refractivity contribution in [1.82, 2.24) is 5.32 Å². The number of rotatable bonds is 7. The summed E-state index contributed by atoms with van der Waals surface area (Å²) in [5, 5.41) is 2.56. The number of ether oxygens (including phenoxy) is 2. The summed E-state index contributed by atoms with van der Waals surface area (Å²) in [5.74, 6) is -0.778. The molecule has 0 unspecified atom stereocenters. The molecule has 0 spiro atoms. The average Bonchev–Trinajstić information content (AvgIpc) is 2.37. The Hall–Kier alpha value is -1.80. The lowest BCUT2D eigenvalue weighted by Gasteiger charge is -2.09. The number of amides is 1. The largest absolute Gasteiger partial charge is 0.573 e. The molecule has 20 heavy (non-hydrogen) atoms. The molecule has 1 aromatic rings. The first kappa shape index (κ1) is 16.3. The highest BCUT2D eigenvalue weighted by Crippen LogP contribution is 2.22. The van der Waals surface area contributed by atoms with Gasteiger partial charge in [-0.3, -0.25) is 4.79 Å². The smallest absolute Gasteiger partial charge is 0.406 e. The van der Waals surface area contributed by atoms with Crippen LogP contribution in [0.2, 0.25) is 0 Å². The quantitative estimate of drug-likeness (QED) is 0.743. The minimum Gasteiger partial charge on any atom is -0.406 e. The lowest BCUT2D eigenvalue weighted by Crippen LogP contribution is -2.27. The van der Waals surface area contributed by atoms with Gasteiger partial charge in [0.15, 0.2) is 0 Å². The van der Waals surface area contributed by atoms with E-state index >= 15 is 0 Å². The minimum atomic E-state index is -4.75. The first-order valence-electron chi connectivity index (χ1n) is 5.84. The summed E-state index contributed by atoms with van der Waals surface area (Å²) in [6, 6.07) is 4.65. The van der Waals surface area contributed by atoms with Crippen LogP contribution >= 0.6 is 0 Å². The fourth-order valence-corrected chi connectivity index (χ4v) is 1.33. The van der Waals surface area contributed by atoms with E-state index in [-0.39, 0.29) is 11.3 Å². The van der Waals surface area contributed by atoms with Crippen LogP contribution in [0.15, 0.2) is 24.3 Å². The maximum absolute atomic E-state index is 11.9. The zero-order chi connectivity index (χ0) is 15.0. The molecule has 1 amide bonds. The van der Waals surface area contributed by atoms with Crippen LogP contribution in [-0.4, -0.2) is 38.6 Å². The van der Waals surface area contributed by atoms with Gasteiger partial charge in [-0.25, -0.2) is 0 Å². The topological polar surface area (TPSA) is 73.6 Å². The van der Waals surface area contributed by atoms with Gasteiger partial charge in [-0.05, 0) is 24.3 Å². The fourth-order valence-electron chi connectivity index (χ4n) is 1.33. The summed E-state index contributed by atoms with van der Waals surface area (Å²) in [4.78, 5) is 11.6. The van der Waals surface area contributed by atoms with Crippen molar-refractivity contribution in [3.05, 3.63) is 29.8 Å². The zero-order valence-electron chi connectivity index (χ0n) is 10.6. The Balaban J connectivity index is 2.41. The minimum absolute atomic E-state index is 0.235. The first-order valence-corrected chi connectivity index (χ1v) is 5.84. The number of carbonyl (C=O) groups excluding carboxylic acids is 1. The van der Waals surface area contributed by atoms with E-state index in [1.54, 1.807) is 0 Å². The van der Waals surface area contributed by atoms with E-state index in [9.17, 15) is 18.0 Å². The lowest BCUT2D eigenvalue weighted by molar-refractivity contribution is -0.274. The van der Waals surface area contributed by atoms with Crippen molar-refractivity contribution in [2.75, 3.05) is 26.3 Å². The van der Waals surface area contributed by atoms with Crippen LogP contribution in [0.3, 0.4) is 0 Å². The van der Waals surface area contributed by atoms with E-state index < -0.39 is 12.3 Å². The number of nitrogens with one attached hydrogen (secondary N) is 1. The number of alkyl halides is 3. The standard InChI is InChI=1S/C12H15F3N2O3/c13-12(14,15)20-10-3-1-9(2-4-10)11(18)17-6-8-19-7-5-16/h1-4H,5-8,16H2,(H,17,18). The molecule has 1 rings (SSSR count). The van der Waals surface area contributed by atoms with Crippen LogP contribution in [-0.2, 0) is 4.74 Å². The van der Waals surface area contributed by atoms with Crippen LogP contribution in [0.4, 0.5) is 13.2 Å². The second-order valence-corrected chi connectivity index (χ2v) is 3.73. The van der Waals surface area contributed by atoms with Gasteiger partial charge in [-0.1, -0.05) is 0 Å². The molecule has 0 heterocycles. The summed E-state index contributed by atoms with van der Waals surface area (Å²) in [6.45, 7) is 1.41. The normalized spacial score (nSPS) is 11.2. The van der Waals surface area contributed by atoms with Crippen molar-refractivity contribution in [2.24, 2.45) is 5.73 Å². The molecule has 0 aliphatic carbocycles. The molecule has 8 heteroatoms. The van der Waals surface area contributed by atoms with Gasteiger partial charge in [-0.2, -0.15) is 0 Å². The van der Waals surface area contributed by atoms with Crippen LogP contribution < -0.4 is 15.8 Å². The highest BCUT2D eigenvalue weighted by atomic mass is 19.4. The van der Waals surface area contributed by atoms with Gasteiger partial charge in [0.25, 0.3) is 5.91 Å². The molecule has 0 saturated heterocycles. The van der Waals surface area contributed by atoms with E-state index in [0.717, 1.165) is 12.1 Å². The summed E-state index contributed by atoms with van der Waals surface area (Å²) in [5.41, 5.74) is 5.45. The summed E-state index contributed by atoms with van der Waals surface area (Å²) >= 11 is 0. The second kappa shape index (κ2) is 7.71. The van der Waals surface area contributed by atoms with E-state index in [1.807, 2.05) is 0 Å². The SMILES string of the molecule is NCCOCCNC(=O)c1ccc(OC(F)(F)F)cc1. The molecule has 3 N–H and O–H groups in total. The number of nitrogens with two attached hydrogens (primary N) is 1. The molecular formula is C12H15F3N2O3. The van der Waals surface area contributed by atoms with E-state index in [2.05, 4.69) is 10.1 Å². The van der Waals surface area contributed by atoms with E-state index in [4.69, 9.17) is 10.5 Å². The van der Waals surface area contributed by atoms with Gasteiger partial charge in [0.1, 0.15) is 5.75 Å². The fraction of sp³-hybridized carbons (Fsp3) is 0.417. The Morgan fingerprint density at radius 3 is 2.40 bits per heavy atom. The summed E-state index contributed by atoms with van der Waals surface area (Å²) in [6.07, 6.45) is -4.75. The highest BCUT2D eigenvalue weighted by molar-refractivity contribution is 5.94. The van der Waals surface area contributed by atoms with Crippen molar-refractivity contribution in [1.29, 1.82) is 0 Å². The van der Waals surface area contributed by atoms with Crippen LogP contribution in [0.25, 0.3) is 0 Å². The molecule has 0 aliphatic heterocycles. The third-order valence-corrected chi connectivity index (χ3v) is 2.14. The van der Waals surface area contributed by atoms with Crippen molar-refractivity contribution in [2.45, 2.75) is 6.36 Å². The number of hydrogen-bond donors (Lipinski definition) is 2. The molecule has 0 aliphatic rings. The lowest BCUT2D eigenvalue weighted by atomic mass is 10.2. The number of halogens is 3. The van der Waals surface area contributed by atoms with Crippen molar-refractivity contribution >= 4 is 5.91 Å². The Kier molecular flexibility index (Phi) is 6.26. The zero-order valence-corrected chi connectivity index (χ0v) is 10.6. The number of benzene rings is 1. The third kappa shape index (κ3) is 6.39. The number of hydrogen-bond acceptors (Lipinski definition) is 4. The molecular weight excluding hydrogens is 277 g/mol. The highest BCUT2D eigenvalue weighted by Gasteiger charge is 2.31. The van der Waals surface area contributed by atoms with Crippen molar-refractivity contribution in [3.63, 3.8) is 0 Å². The molecule has 0 atom stereocenters. The summed E-state index contributed by atoms with van der Waals surface area (Å²) in [7, 11) is 0. The predicted octanol–water partition coefficient (Wildman–Crippen LogP) is 1.29. The van der Waals surface area contributed by atoms with Gasteiger partial charge >= 0.3 is 6.36 Å². The van der Waals surface area contributed by atoms with Crippen LogP contribution in [0.1, 0.15) is 10.4 Å². The Bertz CT molecular complexity index is 421. The van der Waals surface area contributed by atoms with Crippen LogP contribution in [0.5, 0.6) is 5.75 Å². The van der Waals surface area contributed by atoms with Gasteiger partial charge in [0, 0.05) is 18.7 Å². The van der Waals surface area contributed by atoms with Gasteiger partial charge < -0.3 is 20.5 Å². The van der Waals surface area contributed by atoms with E-state index in [0.29, 0.717) is 26.3 Å². The van der Waals surface area contributed by atoms with Crippen molar-refractivity contribution in [3.8, 4) is 5.75 Å². The molecule has 0 bridgehead atoms. The first-order chi connectivity index (χ1) is 9.42. The predicted molar refractivity (Wildman–Crippen MR) is 65.3 cm³/mol. The maximum Gasteiger partial charge on any atom is 0.573 e. The maximum atomic E-state index is 11.9. The summed E-state index contributed by atoms with van der Waals surface area (Å²) < 4.78 is 44.6.